The van der Waals surface area contributed by atoms with E-state index in [1.54, 1.807) is 62.5 Å². The van der Waals surface area contributed by atoms with Crippen molar-refractivity contribution in [1.82, 2.24) is 4.98 Å². The van der Waals surface area contributed by atoms with E-state index in [2.05, 4.69) is 20.9 Å². The molecule has 0 bridgehead atoms. The number of amides is 2. The summed E-state index contributed by atoms with van der Waals surface area (Å²) < 4.78 is 0. The molecule has 8 heteroatoms. The molecule has 0 aliphatic rings. The lowest BCUT2D eigenvalue weighted by Crippen LogP contribution is -2.31. The van der Waals surface area contributed by atoms with Crippen LogP contribution in [0.1, 0.15) is 13.8 Å². The zero-order valence-corrected chi connectivity index (χ0v) is 17.9. The van der Waals surface area contributed by atoms with Crippen molar-refractivity contribution in [2.75, 3.05) is 22.5 Å². The zero-order valence-electron chi connectivity index (χ0n) is 17.1. The smallest absolute Gasteiger partial charge is 0.323 e. The number of aliphatic carboxylic acids is 1. The highest BCUT2D eigenvalue weighted by molar-refractivity contribution is 6.33. The molecule has 2 aromatic carbocycles. The fourth-order valence-electron chi connectivity index (χ4n) is 2.65. The average molecular weight is 439 g/mol. The molecule has 0 spiro atoms. The Labute approximate surface area is 185 Å². The quantitative estimate of drug-likeness (QED) is 0.386. The van der Waals surface area contributed by atoms with Crippen LogP contribution in [0.4, 0.5) is 22.0 Å². The predicted octanol–water partition coefficient (Wildman–Crippen LogP) is 5.57. The van der Waals surface area contributed by atoms with Gasteiger partial charge in [-0.3, -0.25) is 4.79 Å². The van der Waals surface area contributed by atoms with E-state index in [1.807, 2.05) is 18.2 Å². The molecule has 31 heavy (non-hydrogen) atoms. The van der Waals surface area contributed by atoms with Crippen LogP contribution in [0.5, 0.6) is 0 Å². The summed E-state index contributed by atoms with van der Waals surface area (Å²) in [5.74, 6) is -0.265. The van der Waals surface area contributed by atoms with Crippen molar-refractivity contribution in [3.8, 4) is 11.1 Å². The monoisotopic (exact) mass is 438 g/mol. The summed E-state index contributed by atoms with van der Waals surface area (Å²) in [5.41, 5.74) is 2.11. The summed E-state index contributed by atoms with van der Waals surface area (Å²) in [6, 6.07) is 17.7. The Kier molecular flexibility index (Phi) is 6.77. The van der Waals surface area contributed by atoms with Crippen molar-refractivity contribution >= 4 is 40.8 Å². The van der Waals surface area contributed by atoms with Crippen LogP contribution in [0.2, 0.25) is 5.02 Å². The third-order valence-corrected chi connectivity index (χ3v) is 4.98. The van der Waals surface area contributed by atoms with Crippen LogP contribution in [-0.2, 0) is 4.79 Å². The number of carboxylic acid groups (broad SMARTS) is 1. The third kappa shape index (κ3) is 5.96. The molecule has 1 aromatic heterocycles. The van der Waals surface area contributed by atoms with Crippen molar-refractivity contribution in [3.63, 3.8) is 0 Å². The number of nitrogens with one attached hydrogen (secondary N) is 3. The van der Waals surface area contributed by atoms with Crippen LogP contribution in [0, 0.1) is 5.41 Å². The van der Waals surface area contributed by atoms with Gasteiger partial charge in [-0.2, -0.15) is 0 Å². The van der Waals surface area contributed by atoms with Crippen LogP contribution >= 0.6 is 11.6 Å². The molecule has 0 aliphatic heterocycles. The Morgan fingerprint density at radius 2 is 1.65 bits per heavy atom. The van der Waals surface area contributed by atoms with Crippen molar-refractivity contribution < 1.29 is 14.7 Å². The summed E-state index contributed by atoms with van der Waals surface area (Å²) in [4.78, 5) is 27.7. The minimum atomic E-state index is -0.888. The minimum absolute atomic E-state index is 0.269. The number of rotatable bonds is 7. The van der Waals surface area contributed by atoms with Gasteiger partial charge in [0, 0.05) is 24.0 Å². The number of anilines is 3. The molecule has 0 saturated heterocycles. The molecule has 0 saturated carbocycles. The van der Waals surface area contributed by atoms with Gasteiger partial charge < -0.3 is 21.1 Å². The molecule has 4 N–H and O–H groups in total. The summed E-state index contributed by atoms with van der Waals surface area (Å²) in [5, 5.41) is 18.2. The lowest BCUT2D eigenvalue weighted by atomic mass is 9.94. The van der Waals surface area contributed by atoms with E-state index in [-0.39, 0.29) is 12.6 Å². The first-order valence-electron chi connectivity index (χ1n) is 9.61. The number of carbonyl (C=O) groups is 2. The minimum Gasteiger partial charge on any atom is -0.481 e. The number of nitrogens with zero attached hydrogens (tertiary/aromatic N) is 1. The molecule has 2 amide bonds. The van der Waals surface area contributed by atoms with E-state index in [4.69, 9.17) is 11.6 Å². The molecule has 0 atom stereocenters. The topological polar surface area (TPSA) is 103 Å². The molecule has 7 nitrogen and oxygen atoms in total. The highest BCUT2D eigenvalue weighted by Gasteiger charge is 2.26. The Hall–Kier alpha value is -3.58. The van der Waals surface area contributed by atoms with Crippen LogP contribution in [0.25, 0.3) is 11.1 Å². The average Bonchev–Trinajstić information content (AvgIpc) is 2.75. The highest BCUT2D eigenvalue weighted by Crippen LogP contribution is 2.24. The summed E-state index contributed by atoms with van der Waals surface area (Å²) in [7, 11) is 0. The van der Waals surface area contributed by atoms with Crippen molar-refractivity contribution in [2.24, 2.45) is 5.41 Å². The van der Waals surface area contributed by atoms with Crippen LogP contribution in [0.3, 0.4) is 0 Å². The number of pyridine rings is 1. The van der Waals surface area contributed by atoms with E-state index in [9.17, 15) is 14.7 Å². The van der Waals surface area contributed by atoms with Gasteiger partial charge in [-0.1, -0.05) is 35.9 Å². The van der Waals surface area contributed by atoms with Gasteiger partial charge >= 0.3 is 12.0 Å². The number of para-hydroxylation sites is 1. The summed E-state index contributed by atoms with van der Waals surface area (Å²) in [6.45, 7) is 3.58. The Morgan fingerprint density at radius 3 is 2.26 bits per heavy atom. The number of carboxylic acids is 1. The molecule has 0 fully saturated rings. The highest BCUT2D eigenvalue weighted by atomic mass is 35.5. The standard InChI is InChI=1S/C23H23ClN4O3/c1-23(2,21(29)30)14-26-20-12-9-16(13-25-20)15-7-10-17(11-8-15)27-22(31)28-19-6-4-3-5-18(19)24/h3-13H,14H2,1-2H3,(H,25,26)(H,29,30)(H2,27,28,31). The number of halogens is 1. The third-order valence-electron chi connectivity index (χ3n) is 4.65. The molecule has 3 rings (SSSR count). The van der Waals surface area contributed by atoms with Gasteiger partial charge in [-0.05, 0) is 55.8 Å². The lowest BCUT2D eigenvalue weighted by molar-refractivity contribution is -0.146. The van der Waals surface area contributed by atoms with Gasteiger partial charge in [-0.15, -0.1) is 0 Å². The Bertz CT molecular complexity index is 1070. The number of carbonyl (C=O) groups excluding carboxylic acids is 1. The SMILES string of the molecule is CC(C)(CNc1ccc(-c2ccc(NC(=O)Nc3ccccc3Cl)cc2)cn1)C(=O)O. The molecule has 0 radical (unpaired) electrons. The maximum Gasteiger partial charge on any atom is 0.323 e. The van der Waals surface area contributed by atoms with Crippen LogP contribution < -0.4 is 16.0 Å². The van der Waals surface area contributed by atoms with Crippen LogP contribution in [0.15, 0.2) is 66.9 Å². The van der Waals surface area contributed by atoms with E-state index in [0.29, 0.717) is 22.2 Å². The van der Waals surface area contributed by atoms with E-state index >= 15 is 0 Å². The molecular formula is C23H23ClN4O3. The maximum atomic E-state index is 12.2. The zero-order chi connectivity index (χ0) is 22.4. The van der Waals surface area contributed by atoms with Gasteiger partial charge in [0.25, 0.3) is 0 Å². The largest absolute Gasteiger partial charge is 0.481 e. The van der Waals surface area contributed by atoms with E-state index < -0.39 is 11.4 Å². The van der Waals surface area contributed by atoms with Crippen molar-refractivity contribution in [2.45, 2.75) is 13.8 Å². The van der Waals surface area contributed by atoms with Crippen LogP contribution in [-0.4, -0.2) is 28.6 Å². The molecule has 0 aliphatic carbocycles. The second-order valence-electron chi connectivity index (χ2n) is 7.61. The first-order chi connectivity index (χ1) is 14.7. The normalized spacial score (nSPS) is 10.9. The molecular weight excluding hydrogens is 416 g/mol. The second-order valence-corrected chi connectivity index (χ2v) is 8.02. The lowest BCUT2D eigenvalue weighted by Gasteiger charge is -2.19. The number of hydrogen-bond acceptors (Lipinski definition) is 4. The Morgan fingerprint density at radius 1 is 0.968 bits per heavy atom. The number of urea groups is 1. The van der Waals surface area contributed by atoms with Crippen molar-refractivity contribution in [3.05, 3.63) is 71.9 Å². The van der Waals surface area contributed by atoms with Gasteiger partial charge in [0.1, 0.15) is 5.82 Å². The molecule has 1 heterocycles. The van der Waals surface area contributed by atoms with Gasteiger partial charge in [0.05, 0.1) is 16.1 Å². The Balaban J connectivity index is 1.59. The van der Waals surface area contributed by atoms with Gasteiger partial charge in [-0.25, -0.2) is 9.78 Å². The first-order valence-corrected chi connectivity index (χ1v) is 9.99. The molecule has 160 valence electrons. The molecule has 0 unspecified atom stereocenters. The molecule has 3 aromatic rings. The summed E-state index contributed by atoms with van der Waals surface area (Å²) in [6.07, 6.45) is 1.71. The second kappa shape index (κ2) is 9.49. The number of hydrogen-bond donors (Lipinski definition) is 4. The number of aromatic nitrogens is 1. The van der Waals surface area contributed by atoms with Crippen molar-refractivity contribution in [1.29, 1.82) is 0 Å². The summed E-state index contributed by atoms with van der Waals surface area (Å²) >= 11 is 6.05. The fourth-order valence-corrected chi connectivity index (χ4v) is 2.83. The van der Waals surface area contributed by atoms with Gasteiger partial charge in [0.2, 0.25) is 0 Å². The van der Waals surface area contributed by atoms with Gasteiger partial charge in [0.15, 0.2) is 0 Å². The fraction of sp³-hybridized carbons (Fsp3) is 0.174. The maximum absolute atomic E-state index is 12.2. The predicted molar refractivity (Wildman–Crippen MR) is 124 cm³/mol. The first kappa shape index (κ1) is 22.1. The number of benzene rings is 2. The van der Waals surface area contributed by atoms with E-state index in [0.717, 1.165) is 11.1 Å². The van der Waals surface area contributed by atoms with E-state index in [1.165, 1.54) is 0 Å².